The number of nitrogens with one attached hydrogen (secondary N) is 2. The van der Waals surface area contributed by atoms with Crippen LogP contribution in [0.2, 0.25) is 0 Å². The Bertz CT molecular complexity index is 878. The SMILES string of the molecule is NC(N)=NCCCC(NC(=O)c1ccccc1)C(=O)Nc1ccc(C(=O)O)cc1. The average molecular weight is 397 g/mol. The summed E-state index contributed by atoms with van der Waals surface area (Å²) < 4.78 is 0. The first-order valence-corrected chi connectivity index (χ1v) is 8.92. The van der Waals surface area contributed by atoms with Crippen molar-refractivity contribution in [3.05, 3.63) is 65.7 Å². The zero-order valence-electron chi connectivity index (χ0n) is 15.7. The molecule has 1 atom stereocenters. The lowest BCUT2D eigenvalue weighted by atomic mass is 10.1. The van der Waals surface area contributed by atoms with Crippen LogP contribution in [-0.2, 0) is 4.79 Å². The van der Waals surface area contributed by atoms with Crippen LogP contribution < -0.4 is 22.1 Å². The Morgan fingerprint density at radius 3 is 2.21 bits per heavy atom. The van der Waals surface area contributed by atoms with Crippen molar-refractivity contribution in [3.63, 3.8) is 0 Å². The van der Waals surface area contributed by atoms with Crippen LogP contribution in [0.1, 0.15) is 33.6 Å². The number of benzene rings is 2. The van der Waals surface area contributed by atoms with Gasteiger partial charge in [-0.25, -0.2) is 4.79 Å². The molecule has 152 valence electrons. The number of anilines is 1. The van der Waals surface area contributed by atoms with Crippen LogP contribution in [0.25, 0.3) is 0 Å². The van der Waals surface area contributed by atoms with E-state index in [9.17, 15) is 14.4 Å². The summed E-state index contributed by atoms with van der Waals surface area (Å²) in [6, 6.07) is 13.5. The molecule has 0 aliphatic rings. The summed E-state index contributed by atoms with van der Waals surface area (Å²) in [5, 5.41) is 14.3. The quantitative estimate of drug-likeness (QED) is 0.243. The minimum absolute atomic E-state index is 0.0437. The number of nitrogens with two attached hydrogens (primary N) is 2. The zero-order valence-corrected chi connectivity index (χ0v) is 15.7. The molecule has 0 bridgehead atoms. The lowest BCUT2D eigenvalue weighted by Crippen LogP contribution is -2.44. The van der Waals surface area contributed by atoms with Crippen molar-refractivity contribution in [3.8, 4) is 0 Å². The molecule has 0 fully saturated rings. The monoisotopic (exact) mass is 397 g/mol. The van der Waals surface area contributed by atoms with E-state index in [4.69, 9.17) is 16.6 Å². The molecule has 0 aliphatic heterocycles. The summed E-state index contributed by atoms with van der Waals surface area (Å²) in [5.74, 6) is -1.91. The number of amides is 2. The maximum atomic E-state index is 12.7. The largest absolute Gasteiger partial charge is 0.478 e. The van der Waals surface area contributed by atoms with E-state index in [2.05, 4.69) is 15.6 Å². The number of hydrogen-bond donors (Lipinski definition) is 5. The molecule has 9 heteroatoms. The van der Waals surface area contributed by atoms with Gasteiger partial charge in [-0.15, -0.1) is 0 Å². The Balaban J connectivity index is 2.07. The highest BCUT2D eigenvalue weighted by atomic mass is 16.4. The van der Waals surface area contributed by atoms with Gasteiger partial charge in [0.05, 0.1) is 5.56 Å². The number of carbonyl (C=O) groups excluding carboxylic acids is 2. The van der Waals surface area contributed by atoms with Crippen molar-refractivity contribution >= 4 is 29.4 Å². The summed E-state index contributed by atoms with van der Waals surface area (Å²) in [4.78, 5) is 40.0. The molecule has 0 saturated carbocycles. The van der Waals surface area contributed by atoms with E-state index in [1.807, 2.05) is 0 Å². The van der Waals surface area contributed by atoms with Crippen LogP contribution in [0.3, 0.4) is 0 Å². The van der Waals surface area contributed by atoms with Gasteiger partial charge in [0.25, 0.3) is 5.91 Å². The number of aliphatic imine (C=N–C) groups is 1. The molecule has 7 N–H and O–H groups in total. The Labute approximate surface area is 167 Å². The van der Waals surface area contributed by atoms with Crippen LogP contribution in [0.4, 0.5) is 5.69 Å². The third-order valence-electron chi connectivity index (χ3n) is 4.00. The Morgan fingerprint density at radius 1 is 0.966 bits per heavy atom. The molecule has 0 spiro atoms. The van der Waals surface area contributed by atoms with Gasteiger partial charge >= 0.3 is 5.97 Å². The number of guanidine groups is 1. The van der Waals surface area contributed by atoms with Crippen molar-refractivity contribution < 1.29 is 19.5 Å². The van der Waals surface area contributed by atoms with E-state index in [0.29, 0.717) is 30.6 Å². The fourth-order valence-corrected chi connectivity index (χ4v) is 2.53. The van der Waals surface area contributed by atoms with Gasteiger partial charge in [-0.05, 0) is 49.2 Å². The van der Waals surface area contributed by atoms with E-state index >= 15 is 0 Å². The Kier molecular flexibility index (Phi) is 7.72. The Hall–Kier alpha value is -3.88. The van der Waals surface area contributed by atoms with Gasteiger partial charge in [-0.2, -0.15) is 0 Å². The van der Waals surface area contributed by atoms with Crippen LogP contribution in [0.5, 0.6) is 0 Å². The second kappa shape index (κ2) is 10.5. The number of hydrogen-bond acceptors (Lipinski definition) is 4. The number of aromatic carboxylic acids is 1. The van der Waals surface area contributed by atoms with E-state index in [1.54, 1.807) is 30.3 Å². The van der Waals surface area contributed by atoms with Crippen molar-refractivity contribution in [2.24, 2.45) is 16.5 Å². The first-order chi connectivity index (χ1) is 13.9. The van der Waals surface area contributed by atoms with E-state index in [0.717, 1.165) is 0 Å². The number of nitrogens with zero attached hydrogens (tertiary/aromatic N) is 1. The fraction of sp³-hybridized carbons (Fsp3) is 0.200. The fourth-order valence-electron chi connectivity index (χ4n) is 2.53. The molecule has 0 aromatic heterocycles. The lowest BCUT2D eigenvalue weighted by Gasteiger charge is -2.18. The number of carbonyl (C=O) groups is 3. The number of carboxylic acid groups (broad SMARTS) is 1. The van der Waals surface area contributed by atoms with Crippen LogP contribution in [0.15, 0.2) is 59.6 Å². The summed E-state index contributed by atoms with van der Waals surface area (Å²) in [6.45, 7) is 0.320. The minimum Gasteiger partial charge on any atom is -0.478 e. The molecule has 29 heavy (non-hydrogen) atoms. The highest BCUT2D eigenvalue weighted by Crippen LogP contribution is 2.12. The normalized spacial score (nSPS) is 11.2. The van der Waals surface area contributed by atoms with Crippen molar-refractivity contribution in [2.45, 2.75) is 18.9 Å². The first-order valence-electron chi connectivity index (χ1n) is 8.92. The number of rotatable bonds is 9. The summed E-state index contributed by atoms with van der Waals surface area (Å²) >= 11 is 0. The molecule has 0 saturated heterocycles. The highest BCUT2D eigenvalue weighted by Gasteiger charge is 2.21. The lowest BCUT2D eigenvalue weighted by molar-refractivity contribution is -0.118. The summed E-state index contributed by atoms with van der Waals surface area (Å²) in [7, 11) is 0. The van der Waals surface area contributed by atoms with Crippen molar-refractivity contribution in [1.29, 1.82) is 0 Å². The van der Waals surface area contributed by atoms with Gasteiger partial charge < -0.3 is 27.2 Å². The average Bonchev–Trinajstić information content (AvgIpc) is 2.71. The van der Waals surface area contributed by atoms with Gasteiger partial charge in [0.2, 0.25) is 5.91 Å². The molecule has 1 unspecified atom stereocenters. The van der Waals surface area contributed by atoms with Crippen molar-refractivity contribution in [1.82, 2.24) is 5.32 Å². The zero-order chi connectivity index (χ0) is 21.2. The van der Waals surface area contributed by atoms with Crippen LogP contribution >= 0.6 is 0 Å². The summed E-state index contributed by atoms with van der Waals surface area (Å²) in [5.41, 5.74) is 11.6. The maximum absolute atomic E-state index is 12.7. The molecule has 2 rings (SSSR count). The number of carboxylic acids is 1. The van der Waals surface area contributed by atoms with E-state index < -0.39 is 17.9 Å². The minimum atomic E-state index is -1.06. The highest BCUT2D eigenvalue weighted by molar-refractivity contribution is 6.01. The molecule has 2 amide bonds. The topological polar surface area (TPSA) is 160 Å². The molecule has 0 aliphatic carbocycles. The molecule has 9 nitrogen and oxygen atoms in total. The van der Waals surface area contributed by atoms with Crippen LogP contribution in [0, 0.1) is 0 Å². The predicted molar refractivity (Wildman–Crippen MR) is 110 cm³/mol. The van der Waals surface area contributed by atoms with Gasteiger partial charge in [0.1, 0.15) is 6.04 Å². The third kappa shape index (κ3) is 6.98. The molecule has 0 radical (unpaired) electrons. The molecule has 0 heterocycles. The standard InChI is InChI=1S/C20H23N5O4/c21-20(22)23-12-4-7-16(25-17(26)13-5-2-1-3-6-13)18(27)24-15-10-8-14(9-11-15)19(28)29/h1-3,5-6,8-11,16H,4,7,12H2,(H,24,27)(H,25,26)(H,28,29)(H4,21,22,23). The van der Waals surface area contributed by atoms with Crippen LogP contribution in [-0.4, -0.2) is 41.4 Å². The first kappa shape index (κ1) is 21.4. The second-order valence-electron chi connectivity index (χ2n) is 6.21. The van der Waals surface area contributed by atoms with Gasteiger partial charge in [-0.1, -0.05) is 18.2 Å². The van der Waals surface area contributed by atoms with Gasteiger partial charge in [0, 0.05) is 17.8 Å². The third-order valence-corrected chi connectivity index (χ3v) is 4.00. The molecular formula is C20H23N5O4. The van der Waals surface area contributed by atoms with E-state index in [1.165, 1.54) is 24.3 Å². The van der Waals surface area contributed by atoms with Gasteiger partial charge in [0.15, 0.2) is 5.96 Å². The molecule has 2 aromatic carbocycles. The molecule has 2 aromatic rings. The smallest absolute Gasteiger partial charge is 0.335 e. The van der Waals surface area contributed by atoms with E-state index in [-0.39, 0.29) is 17.4 Å². The van der Waals surface area contributed by atoms with Crippen molar-refractivity contribution in [2.75, 3.05) is 11.9 Å². The molecular weight excluding hydrogens is 374 g/mol. The van der Waals surface area contributed by atoms with Gasteiger partial charge in [-0.3, -0.25) is 14.6 Å². The maximum Gasteiger partial charge on any atom is 0.335 e. The Morgan fingerprint density at radius 2 is 1.62 bits per heavy atom. The predicted octanol–water partition coefficient (Wildman–Crippen LogP) is 1.18. The second-order valence-corrected chi connectivity index (χ2v) is 6.21. The summed E-state index contributed by atoms with van der Waals surface area (Å²) in [6.07, 6.45) is 0.789.